The van der Waals surface area contributed by atoms with Crippen LogP contribution in [0.1, 0.15) is 0 Å². The van der Waals surface area contributed by atoms with Crippen LogP contribution in [-0.4, -0.2) is 31.8 Å². The zero-order chi connectivity index (χ0) is 16.4. The van der Waals surface area contributed by atoms with Crippen molar-refractivity contribution in [1.82, 2.24) is 0 Å². The Labute approximate surface area is 146 Å². The predicted molar refractivity (Wildman–Crippen MR) is 115 cm³/mol. The molecule has 0 saturated carbocycles. The molecule has 0 aliphatic rings. The first kappa shape index (κ1) is 18.5. The summed E-state index contributed by atoms with van der Waals surface area (Å²) >= 11 is 12.5. The summed E-state index contributed by atoms with van der Waals surface area (Å²) in [4.78, 5) is 0. The summed E-state index contributed by atoms with van der Waals surface area (Å²) in [5.41, 5.74) is 0. The first-order valence-electron chi connectivity index (χ1n) is 7.20. The molecule has 22 heavy (non-hydrogen) atoms. The molecule has 1 atom stereocenters. The molecule has 2 aromatic rings. The maximum Gasteiger partial charge on any atom is 0.0439 e. The Morgan fingerprint density at radius 2 is 1.14 bits per heavy atom. The van der Waals surface area contributed by atoms with Crippen molar-refractivity contribution in [3.63, 3.8) is 0 Å². The Morgan fingerprint density at radius 3 is 1.41 bits per heavy atom. The SMILES string of the molecule is CP(C)C(P(C)(C)=S)P(=S)(c1ccccc1)c1ccccc1. The van der Waals surface area contributed by atoms with Crippen LogP contribution in [0.3, 0.4) is 0 Å². The van der Waals surface area contributed by atoms with Gasteiger partial charge in [0.2, 0.25) is 0 Å². The van der Waals surface area contributed by atoms with E-state index in [2.05, 4.69) is 87.3 Å². The molecule has 0 aliphatic heterocycles. The van der Waals surface area contributed by atoms with Crippen LogP contribution in [0, 0.1) is 0 Å². The van der Waals surface area contributed by atoms with Gasteiger partial charge >= 0.3 is 0 Å². The first-order chi connectivity index (χ1) is 10.3. The van der Waals surface area contributed by atoms with E-state index in [1.165, 1.54) is 10.6 Å². The van der Waals surface area contributed by atoms with Gasteiger partial charge < -0.3 is 0 Å². The second kappa shape index (κ2) is 7.38. The molecule has 0 bridgehead atoms. The van der Waals surface area contributed by atoms with Crippen molar-refractivity contribution >= 4 is 54.2 Å². The number of hydrogen-bond acceptors (Lipinski definition) is 2. The van der Waals surface area contributed by atoms with E-state index in [0.29, 0.717) is 5.14 Å². The van der Waals surface area contributed by atoms with E-state index in [4.69, 9.17) is 23.6 Å². The Kier molecular flexibility index (Phi) is 6.21. The van der Waals surface area contributed by atoms with Crippen LogP contribution in [-0.2, 0) is 23.6 Å². The van der Waals surface area contributed by atoms with Gasteiger partial charge in [0.25, 0.3) is 0 Å². The highest BCUT2D eigenvalue weighted by Gasteiger charge is 2.38. The van der Waals surface area contributed by atoms with Crippen molar-refractivity contribution in [2.45, 2.75) is 5.14 Å². The van der Waals surface area contributed by atoms with E-state index >= 15 is 0 Å². The first-order valence-corrected chi connectivity index (χ1v) is 16.1. The molecule has 0 N–H and O–H groups in total. The third-order valence-corrected chi connectivity index (χ3v) is 21.2. The maximum absolute atomic E-state index is 6.47. The smallest absolute Gasteiger partial charge is 0.0439 e. The van der Waals surface area contributed by atoms with Gasteiger partial charge in [-0.25, -0.2) is 0 Å². The highest BCUT2D eigenvalue weighted by Crippen LogP contribution is 2.73. The predicted octanol–water partition coefficient (Wildman–Crippen LogP) is 4.88. The Hall–Kier alpha value is 0.170. The minimum Gasteiger partial charge on any atom is -0.0987 e. The van der Waals surface area contributed by atoms with Gasteiger partial charge in [-0.2, -0.15) is 0 Å². The third-order valence-electron chi connectivity index (χ3n) is 3.62. The van der Waals surface area contributed by atoms with Crippen LogP contribution in [0.4, 0.5) is 0 Å². The second-order valence-electron chi connectivity index (χ2n) is 6.07. The zero-order valence-electron chi connectivity index (χ0n) is 13.5. The Bertz CT molecular complexity index is 662. The van der Waals surface area contributed by atoms with Crippen LogP contribution in [0.2, 0.25) is 0 Å². The van der Waals surface area contributed by atoms with Crippen molar-refractivity contribution < 1.29 is 0 Å². The lowest BCUT2D eigenvalue weighted by atomic mass is 10.4. The van der Waals surface area contributed by atoms with Crippen LogP contribution in [0.25, 0.3) is 0 Å². The molecule has 1 unspecified atom stereocenters. The molecule has 0 spiro atoms. The molecule has 0 heterocycles. The van der Waals surface area contributed by atoms with Gasteiger partial charge in [-0.15, -0.1) is 0 Å². The Morgan fingerprint density at radius 1 is 0.773 bits per heavy atom. The van der Waals surface area contributed by atoms with E-state index in [9.17, 15) is 0 Å². The normalized spacial score (nSPS) is 14.0. The monoisotopic (exact) mass is 384 g/mol. The summed E-state index contributed by atoms with van der Waals surface area (Å²) in [6.07, 6.45) is 0. The summed E-state index contributed by atoms with van der Waals surface area (Å²) in [7, 11) is -0.197. The summed E-state index contributed by atoms with van der Waals surface area (Å²) in [5.74, 6) is 0. The average Bonchev–Trinajstić information content (AvgIpc) is 2.47. The summed E-state index contributed by atoms with van der Waals surface area (Å²) < 4.78 is 0. The van der Waals surface area contributed by atoms with Crippen LogP contribution >= 0.6 is 20.0 Å². The maximum atomic E-state index is 6.47. The van der Waals surface area contributed by atoms with Gasteiger partial charge in [0.1, 0.15) is 0 Å². The number of hydrogen-bond donors (Lipinski definition) is 0. The molecule has 118 valence electrons. The van der Waals surface area contributed by atoms with Crippen LogP contribution in [0.15, 0.2) is 60.7 Å². The van der Waals surface area contributed by atoms with Gasteiger partial charge in [-0.3, -0.25) is 0 Å². The van der Waals surface area contributed by atoms with E-state index < -0.39 is 12.1 Å². The van der Waals surface area contributed by atoms with E-state index in [1.807, 2.05) is 0 Å². The van der Waals surface area contributed by atoms with Crippen LogP contribution < -0.4 is 10.6 Å². The average molecular weight is 384 g/mol. The van der Waals surface area contributed by atoms with Gasteiger partial charge in [0.05, 0.1) is 0 Å². The molecule has 0 nitrogen and oxygen atoms in total. The summed E-state index contributed by atoms with van der Waals surface area (Å²) in [6.45, 7) is 9.26. The molecule has 0 aliphatic carbocycles. The minimum atomic E-state index is -1.90. The molecule has 0 fully saturated rings. The molecule has 0 saturated heterocycles. The Balaban J connectivity index is 2.77. The van der Waals surface area contributed by atoms with Crippen molar-refractivity contribution in [3.05, 3.63) is 60.7 Å². The topological polar surface area (TPSA) is 0 Å². The molecule has 0 radical (unpaired) electrons. The lowest BCUT2D eigenvalue weighted by Crippen LogP contribution is -2.24. The van der Waals surface area contributed by atoms with Crippen LogP contribution in [0.5, 0.6) is 0 Å². The van der Waals surface area contributed by atoms with Crippen molar-refractivity contribution in [2.24, 2.45) is 0 Å². The molecule has 2 aromatic carbocycles. The molecule has 0 aromatic heterocycles. The highest BCUT2D eigenvalue weighted by molar-refractivity contribution is 8.32. The van der Waals surface area contributed by atoms with Gasteiger partial charge in [-0.05, 0) is 43.3 Å². The van der Waals surface area contributed by atoms with Gasteiger partial charge in [-0.1, -0.05) is 92.2 Å². The number of benzene rings is 2. The fraction of sp³-hybridized carbons (Fsp3) is 0.294. The molecule has 2 rings (SSSR count). The largest absolute Gasteiger partial charge is 0.0987 e. The third kappa shape index (κ3) is 3.80. The van der Waals surface area contributed by atoms with Crippen molar-refractivity contribution in [1.29, 1.82) is 0 Å². The zero-order valence-corrected chi connectivity index (χ0v) is 17.8. The lowest BCUT2D eigenvalue weighted by Gasteiger charge is -2.39. The molecular weight excluding hydrogens is 361 g/mol. The fourth-order valence-electron chi connectivity index (χ4n) is 2.99. The highest BCUT2D eigenvalue weighted by atomic mass is 32.5. The van der Waals surface area contributed by atoms with E-state index in [-0.39, 0.29) is 7.92 Å². The summed E-state index contributed by atoms with van der Waals surface area (Å²) in [5, 5.41) is 3.09. The number of rotatable bonds is 5. The second-order valence-corrected chi connectivity index (χ2v) is 20.5. The van der Waals surface area contributed by atoms with Crippen molar-refractivity contribution in [2.75, 3.05) is 26.7 Å². The van der Waals surface area contributed by atoms with Crippen molar-refractivity contribution in [3.8, 4) is 0 Å². The van der Waals surface area contributed by atoms with Gasteiger partial charge in [0, 0.05) is 11.2 Å². The molecular formula is C17H23P3S2. The fourth-order valence-corrected chi connectivity index (χ4v) is 24.9. The standard InChI is InChI=1S/C17H23P3S2/c1-18(2)17(19(3,4)21)20(22,15-11-7-5-8-12-15)16-13-9-6-10-14-16/h5-14,17H,1-4H3. The molecule has 0 amide bonds. The van der Waals surface area contributed by atoms with Gasteiger partial charge in [0.15, 0.2) is 0 Å². The summed E-state index contributed by atoms with van der Waals surface area (Å²) in [6, 6.07) is 18.0. The van der Waals surface area contributed by atoms with E-state index in [0.717, 1.165) is 0 Å². The molecule has 5 heteroatoms. The lowest BCUT2D eigenvalue weighted by molar-refractivity contribution is 1.71. The van der Waals surface area contributed by atoms with E-state index in [1.54, 1.807) is 0 Å². The quantitative estimate of drug-likeness (QED) is 0.674. The minimum absolute atomic E-state index is 0.197.